The summed E-state index contributed by atoms with van der Waals surface area (Å²) in [5.74, 6) is 0.486. The third-order valence-electron chi connectivity index (χ3n) is 5.20. The van der Waals surface area contributed by atoms with Crippen molar-refractivity contribution in [2.75, 3.05) is 43.0 Å². The zero-order valence-electron chi connectivity index (χ0n) is 18.5. The highest BCUT2D eigenvalue weighted by Gasteiger charge is 2.22. The fourth-order valence-corrected chi connectivity index (χ4v) is 4.42. The largest absolute Gasteiger partial charge is 0.493 e. The number of benzene rings is 2. The molecule has 0 radical (unpaired) electrons. The van der Waals surface area contributed by atoms with Crippen molar-refractivity contribution in [3.8, 4) is 5.75 Å². The summed E-state index contributed by atoms with van der Waals surface area (Å²) in [7, 11) is 0. The van der Waals surface area contributed by atoms with Gasteiger partial charge in [-0.05, 0) is 71.5 Å². The molecule has 7 nitrogen and oxygen atoms in total. The molecule has 0 unspecified atom stereocenters. The van der Waals surface area contributed by atoms with Gasteiger partial charge in [0.1, 0.15) is 5.75 Å². The summed E-state index contributed by atoms with van der Waals surface area (Å²) in [5.41, 5.74) is 2.04. The van der Waals surface area contributed by atoms with Crippen molar-refractivity contribution >= 4 is 68.1 Å². The molecule has 3 rings (SSSR count). The maximum absolute atomic E-state index is 12.7. The number of rotatable bonds is 6. The highest BCUT2D eigenvalue weighted by atomic mass is 79.9. The van der Waals surface area contributed by atoms with Crippen LogP contribution < -0.4 is 20.3 Å². The number of hydrogen-bond donors (Lipinski definition) is 2. The van der Waals surface area contributed by atoms with Crippen LogP contribution in [0, 0.1) is 0 Å². The quantitative estimate of drug-likeness (QED) is 0.506. The molecule has 2 N–H and O–H groups in total. The van der Waals surface area contributed by atoms with Crippen LogP contribution in [-0.4, -0.2) is 54.6 Å². The molecule has 0 aromatic heterocycles. The van der Waals surface area contributed by atoms with Gasteiger partial charge >= 0.3 is 0 Å². The van der Waals surface area contributed by atoms with Gasteiger partial charge < -0.3 is 19.9 Å². The van der Waals surface area contributed by atoms with E-state index in [4.69, 9.17) is 28.6 Å². The number of nitrogens with zero attached hydrogens (tertiary/aromatic N) is 2. The number of nitrogens with one attached hydrogen (secondary N) is 2. The molecule has 0 bridgehead atoms. The Morgan fingerprint density at radius 2 is 1.85 bits per heavy atom. The number of carbonyl (C=O) groups excluding carboxylic acids is 2. The summed E-state index contributed by atoms with van der Waals surface area (Å²) in [4.78, 5) is 28.7. The Hall–Kier alpha value is -2.36. The summed E-state index contributed by atoms with van der Waals surface area (Å²) < 4.78 is 6.17. The third kappa shape index (κ3) is 6.59. The highest BCUT2D eigenvalue weighted by molar-refractivity contribution is 9.10. The highest BCUT2D eigenvalue weighted by Crippen LogP contribution is 2.30. The molecule has 176 valence electrons. The lowest BCUT2D eigenvalue weighted by Crippen LogP contribution is -2.48. The first-order valence-corrected chi connectivity index (χ1v) is 12.3. The lowest BCUT2D eigenvalue weighted by Gasteiger charge is -2.37. The van der Waals surface area contributed by atoms with E-state index in [1.54, 1.807) is 24.3 Å². The van der Waals surface area contributed by atoms with Gasteiger partial charge in [-0.1, -0.05) is 18.5 Å². The second-order valence-corrected chi connectivity index (χ2v) is 9.07. The molecule has 1 saturated heterocycles. The molecule has 0 spiro atoms. The number of halogens is 2. The number of carbonyl (C=O) groups is 2. The SMILES string of the molecule is CCOc1ccc(C(=O)NC(=S)Nc2cc(Cl)ccc2N2CCN(C(=O)CC)CC2)cc1Br. The molecule has 2 aromatic carbocycles. The molecular weight excluding hydrogens is 528 g/mol. The molecule has 0 atom stereocenters. The van der Waals surface area contributed by atoms with Crippen LogP contribution in [0.25, 0.3) is 0 Å². The normalized spacial score (nSPS) is 13.5. The van der Waals surface area contributed by atoms with Gasteiger partial charge in [-0.2, -0.15) is 0 Å². The average Bonchev–Trinajstić information content (AvgIpc) is 2.80. The van der Waals surface area contributed by atoms with Gasteiger partial charge in [-0.25, -0.2) is 0 Å². The van der Waals surface area contributed by atoms with E-state index in [9.17, 15) is 9.59 Å². The van der Waals surface area contributed by atoms with E-state index in [1.807, 2.05) is 30.9 Å². The fourth-order valence-electron chi connectivity index (χ4n) is 3.55. The second-order valence-electron chi connectivity index (χ2n) is 7.37. The van der Waals surface area contributed by atoms with Gasteiger partial charge in [0.25, 0.3) is 5.91 Å². The third-order valence-corrected chi connectivity index (χ3v) is 6.26. The Balaban J connectivity index is 1.67. The standard InChI is InChI=1S/C23H26BrClN4O3S/c1-3-21(30)29-11-9-28(10-12-29)19-7-6-16(25)14-18(19)26-23(33)27-22(31)15-5-8-20(32-4-2)17(24)13-15/h5-8,13-14H,3-4,9-12H2,1-2H3,(H2,26,27,31,33). The summed E-state index contributed by atoms with van der Waals surface area (Å²) in [5, 5.41) is 6.51. The van der Waals surface area contributed by atoms with Crippen molar-refractivity contribution in [1.29, 1.82) is 0 Å². The Kier molecular flexibility index (Phi) is 8.94. The molecule has 2 aromatic rings. The molecule has 1 aliphatic heterocycles. The smallest absolute Gasteiger partial charge is 0.257 e. The summed E-state index contributed by atoms with van der Waals surface area (Å²) in [6, 6.07) is 10.6. The van der Waals surface area contributed by atoms with Crippen molar-refractivity contribution < 1.29 is 14.3 Å². The van der Waals surface area contributed by atoms with Gasteiger partial charge in [0, 0.05) is 43.2 Å². The molecule has 0 saturated carbocycles. The molecule has 0 aliphatic carbocycles. The molecular formula is C23H26BrClN4O3S. The fraction of sp³-hybridized carbons (Fsp3) is 0.348. The van der Waals surface area contributed by atoms with Gasteiger partial charge in [-0.3, -0.25) is 14.9 Å². The summed E-state index contributed by atoms with van der Waals surface area (Å²) in [6.45, 7) is 7.00. The minimum absolute atomic E-state index is 0.160. The van der Waals surface area contributed by atoms with E-state index >= 15 is 0 Å². The monoisotopic (exact) mass is 552 g/mol. The average molecular weight is 554 g/mol. The first-order valence-electron chi connectivity index (χ1n) is 10.7. The van der Waals surface area contributed by atoms with Crippen LogP contribution in [0.5, 0.6) is 5.75 Å². The zero-order valence-corrected chi connectivity index (χ0v) is 21.6. The molecule has 1 aliphatic rings. The minimum Gasteiger partial charge on any atom is -0.493 e. The van der Waals surface area contributed by atoms with E-state index in [-0.39, 0.29) is 16.9 Å². The van der Waals surface area contributed by atoms with Gasteiger partial charge in [0.2, 0.25) is 5.91 Å². The van der Waals surface area contributed by atoms with E-state index < -0.39 is 0 Å². The van der Waals surface area contributed by atoms with Crippen LogP contribution in [0.4, 0.5) is 11.4 Å². The summed E-state index contributed by atoms with van der Waals surface area (Å²) >= 11 is 15.0. The number of amides is 2. The zero-order chi connectivity index (χ0) is 24.0. The second kappa shape index (κ2) is 11.7. The van der Waals surface area contributed by atoms with Gasteiger partial charge in [0.15, 0.2) is 5.11 Å². The first kappa shape index (κ1) is 25.3. The van der Waals surface area contributed by atoms with Crippen LogP contribution in [0.2, 0.25) is 5.02 Å². The predicted octanol–water partition coefficient (Wildman–Crippen LogP) is 4.69. The van der Waals surface area contributed by atoms with Crippen LogP contribution in [-0.2, 0) is 4.79 Å². The number of piperazine rings is 1. The van der Waals surface area contributed by atoms with Crippen molar-refractivity contribution in [1.82, 2.24) is 10.2 Å². The Bertz CT molecular complexity index is 1040. The van der Waals surface area contributed by atoms with Crippen molar-refractivity contribution in [2.45, 2.75) is 20.3 Å². The minimum atomic E-state index is -0.341. The van der Waals surface area contributed by atoms with Crippen molar-refractivity contribution in [3.05, 3.63) is 51.5 Å². The molecule has 10 heteroatoms. The first-order chi connectivity index (χ1) is 15.8. The van der Waals surface area contributed by atoms with Gasteiger partial charge in [0.05, 0.1) is 22.5 Å². The van der Waals surface area contributed by atoms with Crippen LogP contribution in [0.3, 0.4) is 0 Å². The Morgan fingerprint density at radius 3 is 2.48 bits per heavy atom. The number of thiocarbonyl (C=S) groups is 1. The van der Waals surface area contributed by atoms with Crippen LogP contribution in [0.1, 0.15) is 30.6 Å². The van der Waals surface area contributed by atoms with E-state index in [2.05, 4.69) is 31.5 Å². The molecule has 1 fully saturated rings. The van der Waals surface area contributed by atoms with Gasteiger partial charge in [-0.15, -0.1) is 0 Å². The summed E-state index contributed by atoms with van der Waals surface area (Å²) in [6.07, 6.45) is 0.507. The Morgan fingerprint density at radius 1 is 1.12 bits per heavy atom. The Labute approximate surface area is 212 Å². The van der Waals surface area contributed by atoms with E-state index in [0.717, 1.165) is 5.69 Å². The maximum atomic E-state index is 12.7. The molecule has 1 heterocycles. The van der Waals surface area contributed by atoms with E-state index in [0.29, 0.717) is 65.7 Å². The number of ether oxygens (including phenoxy) is 1. The lowest BCUT2D eigenvalue weighted by atomic mass is 10.2. The topological polar surface area (TPSA) is 73.9 Å². The van der Waals surface area contributed by atoms with Crippen molar-refractivity contribution in [2.24, 2.45) is 0 Å². The maximum Gasteiger partial charge on any atom is 0.257 e. The van der Waals surface area contributed by atoms with E-state index in [1.165, 1.54) is 0 Å². The van der Waals surface area contributed by atoms with Crippen LogP contribution >= 0.6 is 39.7 Å². The number of anilines is 2. The predicted molar refractivity (Wildman–Crippen MR) is 140 cm³/mol. The van der Waals surface area contributed by atoms with Crippen molar-refractivity contribution in [3.63, 3.8) is 0 Å². The molecule has 2 amide bonds. The number of hydrogen-bond acceptors (Lipinski definition) is 5. The lowest BCUT2D eigenvalue weighted by molar-refractivity contribution is -0.131. The van der Waals surface area contributed by atoms with Crippen LogP contribution in [0.15, 0.2) is 40.9 Å². The molecule has 33 heavy (non-hydrogen) atoms.